The molecule has 172 valence electrons. The van der Waals surface area contributed by atoms with Crippen LogP contribution in [0.4, 0.5) is 5.82 Å². The van der Waals surface area contributed by atoms with Crippen molar-refractivity contribution in [2.45, 2.75) is 38.0 Å². The van der Waals surface area contributed by atoms with Crippen LogP contribution in [-0.4, -0.2) is 34.8 Å². The molecule has 0 radical (unpaired) electrons. The summed E-state index contributed by atoms with van der Waals surface area (Å²) in [5.74, 6) is 0.727. The van der Waals surface area contributed by atoms with Crippen LogP contribution >= 0.6 is 0 Å². The number of hydrogen-bond donors (Lipinski definition) is 2. The zero-order valence-corrected chi connectivity index (χ0v) is 19.3. The highest BCUT2D eigenvalue weighted by molar-refractivity contribution is 7.90. The van der Waals surface area contributed by atoms with Crippen LogP contribution in [0.1, 0.15) is 31.7 Å². The van der Waals surface area contributed by atoms with E-state index in [0.717, 1.165) is 28.8 Å². The van der Waals surface area contributed by atoms with Gasteiger partial charge in [-0.15, -0.1) is 0 Å². The molecule has 2 heterocycles. The Morgan fingerprint density at radius 2 is 2.00 bits per heavy atom. The summed E-state index contributed by atoms with van der Waals surface area (Å²) in [6.45, 7) is 11.4. The van der Waals surface area contributed by atoms with Crippen LogP contribution in [0.5, 0.6) is 0 Å². The number of aryl methyl sites for hydroxylation is 1. The van der Waals surface area contributed by atoms with Gasteiger partial charge in [-0.3, -0.25) is 15.6 Å². The predicted molar refractivity (Wildman–Crippen MR) is 125 cm³/mol. The second-order valence-corrected chi connectivity index (χ2v) is 10.4. The first-order valence-corrected chi connectivity index (χ1v) is 12.3. The molecule has 33 heavy (non-hydrogen) atoms. The second kappa shape index (κ2) is 9.19. The number of anilines is 1. The third-order valence-electron chi connectivity index (χ3n) is 6.21. The van der Waals surface area contributed by atoms with Crippen LogP contribution in [0.2, 0.25) is 0 Å². The van der Waals surface area contributed by atoms with Crippen LogP contribution < -0.4 is 10.9 Å². The number of carbonyl (C=O) groups is 1. The minimum atomic E-state index is -3.80. The van der Waals surface area contributed by atoms with Gasteiger partial charge in [0.15, 0.2) is 11.5 Å². The van der Waals surface area contributed by atoms with Crippen LogP contribution in [0.25, 0.3) is 16.0 Å². The fraction of sp³-hybridized carbons (Fsp3) is 0.391. The number of aromatic nitrogens is 3. The molecule has 0 bridgehead atoms. The highest BCUT2D eigenvalue weighted by Crippen LogP contribution is 2.38. The minimum Gasteiger partial charge on any atom is -0.317 e. The molecule has 1 aliphatic rings. The van der Waals surface area contributed by atoms with E-state index in [0.29, 0.717) is 23.8 Å². The van der Waals surface area contributed by atoms with E-state index in [-0.39, 0.29) is 28.3 Å². The van der Waals surface area contributed by atoms with Gasteiger partial charge in [-0.2, -0.15) is 0 Å². The Hall–Kier alpha value is -3.45. The maximum absolute atomic E-state index is 13.0. The van der Waals surface area contributed by atoms with Gasteiger partial charge >= 0.3 is 0 Å². The van der Waals surface area contributed by atoms with Gasteiger partial charge in [0.2, 0.25) is 12.5 Å². The molecule has 4 rings (SSSR count). The van der Waals surface area contributed by atoms with Crippen molar-refractivity contribution in [3.8, 4) is 0 Å². The SMILES string of the molecule is [C-]#[N+]CCC1CC(C)C(C(=O)NNc2cnc3c(ccn3S(=O)(=O)c3ccc(C)cc3)n2)C1. The maximum Gasteiger partial charge on any atom is 0.269 e. The molecular formula is C23H26N6O3S. The largest absolute Gasteiger partial charge is 0.317 e. The number of amides is 1. The molecule has 1 aliphatic carbocycles. The summed E-state index contributed by atoms with van der Waals surface area (Å²) in [7, 11) is -3.80. The minimum absolute atomic E-state index is 0.116. The molecule has 10 heteroatoms. The van der Waals surface area contributed by atoms with Gasteiger partial charge in [-0.1, -0.05) is 24.6 Å². The number of rotatable bonds is 7. The third kappa shape index (κ3) is 4.68. The van der Waals surface area contributed by atoms with E-state index in [4.69, 9.17) is 6.57 Å². The van der Waals surface area contributed by atoms with Gasteiger partial charge in [0.25, 0.3) is 10.0 Å². The van der Waals surface area contributed by atoms with Gasteiger partial charge in [-0.05, 0) is 49.8 Å². The number of hydrazine groups is 1. The fourth-order valence-electron chi connectivity index (χ4n) is 4.41. The Kier molecular flexibility index (Phi) is 6.33. The lowest BCUT2D eigenvalue weighted by molar-refractivity contribution is -0.125. The summed E-state index contributed by atoms with van der Waals surface area (Å²) in [5.41, 5.74) is 7.06. The van der Waals surface area contributed by atoms with E-state index in [1.165, 1.54) is 12.4 Å². The van der Waals surface area contributed by atoms with Crippen molar-refractivity contribution in [2.24, 2.45) is 17.8 Å². The molecule has 3 aromatic rings. The third-order valence-corrected chi connectivity index (χ3v) is 7.89. The number of benzene rings is 1. The predicted octanol–water partition coefficient (Wildman–Crippen LogP) is 3.39. The molecule has 9 nitrogen and oxygen atoms in total. The van der Waals surface area contributed by atoms with Crippen molar-refractivity contribution >= 4 is 32.9 Å². The lowest BCUT2D eigenvalue weighted by Gasteiger charge is -2.15. The molecule has 0 spiro atoms. The number of carbonyl (C=O) groups excluding carboxylic acids is 1. The molecule has 1 aromatic carbocycles. The average molecular weight is 467 g/mol. The lowest BCUT2D eigenvalue weighted by Crippen LogP contribution is -2.36. The number of nitrogens with zero attached hydrogens (tertiary/aromatic N) is 4. The molecule has 3 unspecified atom stereocenters. The highest BCUT2D eigenvalue weighted by Gasteiger charge is 2.36. The first kappa shape index (κ1) is 22.7. The zero-order chi connectivity index (χ0) is 23.6. The number of nitrogens with one attached hydrogen (secondary N) is 2. The van der Waals surface area contributed by atoms with Gasteiger partial charge in [0.1, 0.15) is 5.52 Å². The van der Waals surface area contributed by atoms with Crippen molar-refractivity contribution < 1.29 is 13.2 Å². The molecule has 3 atom stereocenters. The monoisotopic (exact) mass is 466 g/mol. The normalized spacial score (nSPS) is 20.5. The van der Waals surface area contributed by atoms with E-state index in [1.807, 2.05) is 6.92 Å². The standard InChI is InChI=1S/C23H26N6O3S/c1-15-4-6-18(7-5-15)33(31,32)29-11-9-20-22(29)25-14-21(26-20)27-28-23(30)19-13-17(8-10-24-3)12-16(19)2/h4-7,9,11,14,16-17,19H,8,10,12-13H2,1-2H3,(H,26,27)(H,28,30). The van der Waals surface area contributed by atoms with Gasteiger partial charge in [-0.25, -0.2) is 28.9 Å². The molecule has 1 saturated carbocycles. The zero-order valence-electron chi connectivity index (χ0n) is 18.5. The van der Waals surface area contributed by atoms with Crippen LogP contribution in [0.3, 0.4) is 0 Å². The molecule has 1 amide bonds. The topological polar surface area (TPSA) is 110 Å². The quantitative estimate of drug-likeness (QED) is 0.408. The van der Waals surface area contributed by atoms with E-state index in [9.17, 15) is 13.2 Å². The van der Waals surface area contributed by atoms with Gasteiger partial charge in [0, 0.05) is 18.5 Å². The Bertz CT molecular complexity index is 1310. The summed E-state index contributed by atoms with van der Waals surface area (Å²) in [4.78, 5) is 24.9. The summed E-state index contributed by atoms with van der Waals surface area (Å²) in [5, 5.41) is 0. The van der Waals surface area contributed by atoms with E-state index < -0.39 is 10.0 Å². The highest BCUT2D eigenvalue weighted by atomic mass is 32.2. The molecule has 0 saturated heterocycles. The summed E-state index contributed by atoms with van der Waals surface area (Å²) in [6, 6.07) is 8.18. The lowest BCUT2D eigenvalue weighted by atomic mass is 9.98. The Morgan fingerprint density at radius 1 is 1.24 bits per heavy atom. The molecule has 1 fully saturated rings. The Labute approximate surface area is 193 Å². The van der Waals surface area contributed by atoms with E-state index >= 15 is 0 Å². The van der Waals surface area contributed by atoms with Crippen molar-refractivity contribution in [3.63, 3.8) is 0 Å². The first-order valence-electron chi connectivity index (χ1n) is 10.8. The smallest absolute Gasteiger partial charge is 0.269 e. The van der Waals surface area contributed by atoms with Gasteiger partial charge < -0.3 is 4.85 Å². The second-order valence-electron chi connectivity index (χ2n) is 8.60. The van der Waals surface area contributed by atoms with Crippen LogP contribution in [-0.2, 0) is 14.8 Å². The Morgan fingerprint density at radius 3 is 2.73 bits per heavy atom. The van der Waals surface area contributed by atoms with Gasteiger partial charge in [0.05, 0.1) is 11.1 Å². The van der Waals surface area contributed by atoms with Crippen LogP contribution in [0, 0.1) is 31.2 Å². The van der Waals surface area contributed by atoms with Crippen molar-refractivity contribution in [3.05, 3.63) is 59.7 Å². The van der Waals surface area contributed by atoms with E-state index in [1.54, 1.807) is 30.3 Å². The maximum atomic E-state index is 13.0. The first-order chi connectivity index (χ1) is 15.8. The summed E-state index contributed by atoms with van der Waals surface area (Å²) >= 11 is 0. The number of hydrogen-bond acceptors (Lipinski definition) is 6. The molecular weight excluding hydrogens is 440 g/mol. The number of fused-ring (bicyclic) bond motifs is 1. The van der Waals surface area contributed by atoms with Crippen molar-refractivity contribution in [2.75, 3.05) is 12.0 Å². The molecule has 2 N–H and O–H groups in total. The van der Waals surface area contributed by atoms with Crippen LogP contribution in [0.15, 0.2) is 47.6 Å². The molecule has 2 aromatic heterocycles. The summed E-state index contributed by atoms with van der Waals surface area (Å²) in [6.07, 6.45) is 5.36. The summed E-state index contributed by atoms with van der Waals surface area (Å²) < 4.78 is 27.1. The van der Waals surface area contributed by atoms with E-state index in [2.05, 4.69) is 32.6 Å². The Balaban J connectivity index is 1.45. The fourth-order valence-corrected chi connectivity index (χ4v) is 5.71. The molecule has 0 aliphatic heterocycles. The average Bonchev–Trinajstić information content (AvgIpc) is 3.39. The van der Waals surface area contributed by atoms with Crippen molar-refractivity contribution in [1.29, 1.82) is 0 Å². The van der Waals surface area contributed by atoms with Crippen molar-refractivity contribution in [1.82, 2.24) is 19.4 Å².